The van der Waals surface area contributed by atoms with Gasteiger partial charge in [0.2, 0.25) is 0 Å². The summed E-state index contributed by atoms with van der Waals surface area (Å²) < 4.78 is 0. The van der Waals surface area contributed by atoms with E-state index in [1.165, 1.54) is 6.42 Å². The highest BCUT2D eigenvalue weighted by Gasteiger charge is 2.40. The SMILES string of the molecule is CC1(C)CCCCC1CC(=O)ON1C(=O)c2ccccc2C1=O. The van der Waals surface area contributed by atoms with Gasteiger partial charge in [0.05, 0.1) is 17.5 Å². The monoisotopic (exact) mass is 315 g/mol. The van der Waals surface area contributed by atoms with Crippen LogP contribution in [0.2, 0.25) is 0 Å². The number of fused-ring (bicyclic) bond motifs is 1. The van der Waals surface area contributed by atoms with Crippen LogP contribution in [0, 0.1) is 11.3 Å². The van der Waals surface area contributed by atoms with Gasteiger partial charge in [0.25, 0.3) is 11.8 Å². The van der Waals surface area contributed by atoms with Crippen LogP contribution >= 0.6 is 0 Å². The van der Waals surface area contributed by atoms with E-state index >= 15 is 0 Å². The lowest BCUT2D eigenvalue weighted by molar-refractivity contribution is -0.171. The van der Waals surface area contributed by atoms with Crippen LogP contribution in [0.15, 0.2) is 24.3 Å². The molecular formula is C18H21NO4. The Kier molecular flexibility index (Phi) is 3.96. The molecule has 0 saturated heterocycles. The van der Waals surface area contributed by atoms with Crippen molar-refractivity contribution < 1.29 is 19.2 Å². The van der Waals surface area contributed by atoms with Crippen LogP contribution in [0.4, 0.5) is 0 Å². The fraction of sp³-hybridized carbons (Fsp3) is 0.500. The molecule has 5 nitrogen and oxygen atoms in total. The number of benzene rings is 1. The topological polar surface area (TPSA) is 63.7 Å². The van der Waals surface area contributed by atoms with E-state index in [2.05, 4.69) is 13.8 Å². The van der Waals surface area contributed by atoms with Crippen LogP contribution in [0.5, 0.6) is 0 Å². The molecule has 122 valence electrons. The minimum absolute atomic E-state index is 0.0826. The Balaban J connectivity index is 1.67. The van der Waals surface area contributed by atoms with E-state index in [1.807, 2.05) is 0 Å². The summed E-state index contributed by atoms with van der Waals surface area (Å²) in [6.45, 7) is 4.32. The predicted molar refractivity (Wildman–Crippen MR) is 83.4 cm³/mol. The van der Waals surface area contributed by atoms with Crippen LogP contribution in [0.3, 0.4) is 0 Å². The number of amides is 2. The molecule has 23 heavy (non-hydrogen) atoms. The third kappa shape index (κ3) is 2.87. The van der Waals surface area contributed by atoms with E-state index in [-0.39, 0.29) is 28.9 Å². The van der Waals surface area contributed by atoms with Gasteiger partial charge in [-0.25, -0.2) is 4.79 Å². The van der Waals surface area contributed by atoms with Crippen molar-refractivity contribution in [2.45, 2.75) is 46.0 Å². The van der Waals surface area contributed by atoms with Gasteiger partial charge in [0.1, 0.15) is 0 Å². The van der Waals surface area contributed by atoms with Gasteiger partial charge in [-0.1, -0.05) is 43.9 Å². The largest absolute Gasteiger partial charge is 0.333 e. The van der Waals surface area contributed by atoms with E-state index < -0.39 is 17.8 Å². The molecule has 0 aromatic heterocycles. The van der Waals surface area contributed by atoms with Crippen LogP contribution in [0.1, 0.15) is 66.7 Å². The van der Waals surface area contributed by atoms with E-state index in [9.17, 15) is 14.4 Å². The van der Waals surface area contributed by atoms with Gasteiger partial charge in [-0.15, -0.1) is 0 Å². The number of hydrogen-bond donors (Lipinski definition) is 0. The van der Waals surface area contributed by atoms with Gasteiger partial charge in [-0.3, -0.25) is 9.59 Å². The summed E-state index contributed by atoms with van der Waals surface area (Å²) in [5.41, 5.74) is 0.644. The number of carbonyl (C=O) groups excluding carboxylic acids is 3. The molecule has 1 unspecified atom stereocenters. The van der Waals surface area contributed by atoms with Crippen LogP contribution in [-0.2, 0) is 9.63 Å². The van der Waals surface area contributed by atoms with Crippen molar-refractivity contribution in [3.63, 3.8) is 0 Å². The van der Waals surface area contributed by atoms with Crippen molar-refractivity contribution >= 4 is 17.8 Å². The number of hydroxylamine groups is 2. The number of carbonyl (C=O) groups is 3. The first kappa shape index (κ1) is 15.7. The molecule has 2 amide bonds. The Morgan fingerprint density at radius 3 is 2.35 bits per heavy atom. The zero-order valence-corrected chi connectivity index (χ0v) is 13.5. The van der Waals surface area contributed by atoms with Crippen LogP contribution in [0.25, 0.3) is 0 Å². The molecule has 1 saturated carbocycles. The second-order valence-electron chi connectivity index (χ2n) is 7.05. The standard InChI is InChI=1S/C18H21NO4/c1-18(2)10-6-5-7-12(18)11-15(20)23-19-16(21)13-8-3-4-9-14(13)17(19)22/h3-4,8-9,12H,5-7,10-11H2,1-2H3. The smallest absolute Gasteiger partial charge is 0.330 e. The highest BCUT2D eigenvalue weighted by Crippen LogP contribution is 2.42. The lowest BCUT2D eigenvalue weighted by Crippen LogP contribution is -2.35. The maximum Gasteiger partial charge on any atom is 0.333 e. The average Bonchev–Trinajstić information content (AvgIpc) is 2.75. The predicted octanol–water partition coefficient (Wildman–Crippen LogP) is 3.35. The maximum absolute atomic E-state index is 12.2. The molecule has 0 radical (unpaired) electrons. The average molecular weight is 315 g/mol. The summed E-state index contributed by atoms with van der Waals surface area (Å²) in [7, 11) is 0. The summed E-state index contributed by atoms with van der Waals surface area (Å²) in [4.78, 5) is 41.7. The first-order valence-electron chi connectivity index (χ1n) is 8.09. The zero-order valence-electron chi connectivity index (χ0n) is 13.5. The Morgan fingerprint density at radius 2 is 1.78 bits per heavy atom. The van der Waals surface area contributed by atoms with Gasteiger partial charge in [0.15, 0.2) is 0 Å². The summed E-state index contributed by atoms with van der Waals surface area (Å²) in [5, 5.41) is 0.600. The van der Waals surface area contributed by atoms with E-state index in [1.54, 1.807) is 24.3 Å². The van der Waals surface area contributed by atoms with Gasteiger partial charge < -0.3 is 4.84 Å². The molecule has 0 spiro atoms. The minimum atomic E-state index is -0.568. The number of rotatable bonds is 3. The van der Waals surface area contributed by atoms with Crippen LogP contribution in [-0.4, -0.2) is 22.8 Å². The Labute approximate surface area is 135 Å². The summed E-state index contributed by atoms with van der Waals surface area (Å²) >= 11 is 0. The van der Waals surface area contributed by atoms with E-state index in [0.717, 1.165) is 19.3 Å². The second kappa shape index (κ2) is 5.80. The summed E-state index contributed by atoms with van der Waals surface area (Å²) in [6, 6.07) is 6.49. The molecule has 0 N–H and O–H groups in total. The van der Waals surface area contributed by atoms with E-state index in [0.29, 0.717) is 5.06 Å². The van der Waals surface area contributed by atoms with Crippen molar-refractivity contribution in [3.05, 3.63) is 35.4 Å². The Morgan fingerprint density at radius 1 is 1.17 bits per heavy atom. The first-order valence-corrected chi connectivity index (χ1v) is 8.09. The summed E-state index contributed by atoms with van der Waals surface area (Å²) in [5.74, 6) is -1.43. The molecule has 3 rings (SSSR count). The van der Waals surface area contributed by atoms with E-state index in [4.69, 9.17) is 4.84 Å². The van der Waals surface area contributed by atoms with Crippen molar-refractivity contribution in [2.75, 3.05) is 0 Å². The molecule has 2 aliphatic rings. The van der Waals surface area contributed by atoms with Gasteiger partial charge >= 0.3 is 5.97 Å². The molecule has 0 bridgehead atoms. The molecule has 1 aliphatic carbocycles. The zero-order chi connectivity index (χ0) is 16.6. The van der Waals surface area contributed by atoms with Gasteiger partial charge in [0, 0.05) is 0 Å². The maximum atomic E-state index is 12.2. The highest BCUT2D eigenvalue weighted by atomic mass is 16.7. The first-order chi connectivity index (χ1) is 10.9. The third-order valence-electron chi connectivity index (χ3n) is 5.09. The Hall–Kier alpha value is -2.17. The fourth-order valence-corrected chi connectivity index (χ4v) is 3.53. The molecule has 1 heterocycles. The lowest BCUT2D eigenvalue weighted by atomic mass is 9.67. The molecule has 5 heteroatoms. The van der Waals surface area contributed by atoms with Gasteiger partial charge in [-0.2, -0.15) is 0 Å². The molecule has 1 atom stereocenters. The van der Waals surface area contributed by atoms with Crippen molar-refractivity contribution in [2.24, 2.45) is 11.3 Å². The Bertz CT molecular complexity index is 630. The number of imide groups is 1. The van der Waals surface area contributed by atoms with Crippen molar-refractivity contribution in [1.82, 2.24) is 5.06 Å². The van der Waals surface area contributed by atoms with Crippen molar-refractivity contribution in [1.29, 1.82) is 0 Å². The summed E-state index contributed by atoms with van der Waals surface area (Å²) in [6.07, 6.45) is 4.58. The van der Waals surface area contributed by atoms with Crippen LogP contribution < -0.4 is 0 Å². The quantitative estimate of drug-likeness (QED) is 0.802. The number of nitrogens with zero attached hydrogens (tertiary/aromatic N) is 1. The molecular weight excluding hydrogens is 294 g/mol. The lowest BCUT2D eigenvalue weighted by Gasteiger charge is -2.38. The highest BCUT2D eigenvalue weighted by molar-refractivity contribution is 6.20. The second-order valence-corrected chi connectivity index (χ2v) is 7.05. The van der Waals surface area contributed by atoms with Crippen molar-refractivity contribution in [3.8, 4) is 0 Å². The molecule has 1 aliphatic heterocycles. The third-order valence-corrected chi connectivity index (χ3v) is 5.09. The number of hydrogen-bond acceptors (Lipinski definition) is 4. The fourth-order valence-electron chi connectivity index (χ4n) is 3.53. The van der Waals surface area contributed by atoms with Gasteiger partial charge in [-0.05, 0) is 36.3 Å². The molecule has 1 aromatic rings. The molecule has 1 aromatic carbocycles. The normalized spacial score (nSPS) is 22.9. The molecule has 1 fully saturated rings. The minimum Gasteiger partial charge on any atom is -0.330 e.